The molecule has 1 aliphatic rings. The summed E-state index contributed by atoms with van der Waals surface area (Å²) in [5.41, 5.74) is 5.32. The Labute approximate surface area is 105 Å². The van der Waals surface area contributed by atoms with E-state index in [9.17, 15) is 12.8 Å². The molecule has 2 rings (SSSR count). The van der Waals surface area contributed by atoms with Gasteiger partial charge in [0.2, 0.25) is 10.0 Å². The Morgan fingerprint density at radius 1 is 1.50 bits per heavy atom. The highest BCUT2D eigenvalue weighted by molar-refractivity contribution is 7.92. The molecule has 98 valence electrons. The fraction of sp³-hybridized carbons (Fsp3) is 0.364. The summed E-state index contributed by atoms with van der Waals surface area (Å²) in [7, 11) is -3.41. The topological polar surface area (TPSA) is 96.0 Å². The van der Waals surface area contributed by atoms with Crippen molar-refractivity contribution in [3.05, 3.63) is 29.6 Å². The predicted molar refractivity (Wildman–Crippen MR) is 67.5 cm³/mol. The van der Waals surface area contributed by atoms with Gasteiger partial charge in [0.15, 0.2) is 0 Å². The van der Waals surface area contributed by atoms with E-state index in [0.29, 0.717) is 0 Å². The fourth-order valence-corrected chi connectivity index (χ4v) is 3.13. The lowest BCUT2D eigenvalue weighted by Crippen LogP contribution is -2.19. The van der Waals surface area contributed by atoms with Gasteiger partial charge in [-0.25, -0.2) is 12.8 Å². The molecule has 5 nitrogen and oxygen atoms in total. The molecular formula is C11H14FN3O2S. The van der Waals surface area contributed by atoms with E-state index in [1.165, 1.54) is 12.1 Å². The number of anilines is 1. The zero-order chi connectivity index (χ0) is 13.3. The number of rotatable bonds is 5. The maximum atomic E-state index is 13.3. The van der Waals surface area contributed by atoms with E-state index >= 15 is 0 Å². The summed E-state index contributed by atoms with van der Waals surface area (Å²) in [5.74, 6) is -0.765. The zero-order valence-electron chi connectivity index (χ0n) is 9.61. The molecular weight excluding hydrogens is 257 g/mol. The fourth-order valence-electron chi connectivity index (χ4n) is 1.61. The second-order valence-corrected chi connectivity index (χ2v) is 6.20. The van der Waals surface area contributed by atoms with Crippen molar-refractivity contribution in [1.82, 2.24) is 0 Å². The molecule has 0 bridgehead atoms. The first kappa shape index (κ1) is 12.8. The van der Waals surface area contributed by atoms with E-state index in [2.05, 4.69) is 4.72 Å². The van der Waals surface area contributed by atoms with Crippen molar-refractivity contribution < 1.29 is 12.8 Å². The molecule has 0 spiro atoms. The van der Waals surface area contributed by atoms with Crippen LogP contribution in [0.25, 0.3) is 0 Å². The van der Waals surface area contributed by atoms with Gasteiger partial charge >= 0.3 is 0 Å². The van der Waals surface area contributed by atoms with Crippen LogP contribution in [0.5, 0.6) is 0 Å². The SMILES string of the molecule is N=C(N)c1cc(NS(=O)(=O)CC2CC2)ccc1F. The van der Waals surface area contributed by atoms with Crippen molar-refractivity contribution in [3.63, 3.8) is 0 Å². The molecule has 4 N–H and O–H groups in total. The molecule has 1 saturated carbocycles. The van der Waals surface area contributed by atoms with E-state index in [1.807, 2.05) is 0 Å². The van der Waals surface area contributed by atoms with Crippen LogP contribution in [0, 0.1) is 17.1 Å². The van der Waals surface area contributed by atoms with Crippen molar-refractivity contribution in [3.8, 4) is 0 Å². The van der Waals surface area contributed by atoms with Gasteiger partial charge in [-0.05, 0) is 37.0 Å². The highest BCUT2D eigenvalue weighted by atomic mass is 32.2. The van der Waals surface area contributed by atoms with Gasteiger partial charge in [0, 0.05) is 5.69 Å². The van der Waals surface area contributed by atoms with Crippen molar-refractivity contribution in [2.24, 2.45) is 11.7 Å². The molecule has 7 heteroatoms. The Balaban J connectivity index is 2.18. The number of nitrogen functional groups attached to an aromatic ring is 1. The molecule has 1 fully saturated rings. The van der Waals surface area contributed by atoms with Gasteiger partial charge in [0.25, 0.3) is 0 Å². The third-order valence-electron chi connectivity index (χ3n) is 2.68. The lowest BCUT2D eigenvalue weighted by molar-refractivity contribution is 0.597. The summed E-state index contributed by atoms with van der Waals surface area (Å²) in [6, 6.07) is 3.63. The lowest BCUT2D eigenvalue weighted by atomic mass is 10.2. The van der Waals surface area contributed by atoms with Gasteiger partial charge in [-0.3, -0.25) is 10.1 Å². The Kier molecular flexibility index (Phi) is 3.25. The second kappa shape index (κ2) is 4.56. The third-order valence-corrected chi connectivity index (χ3v) is 4.14. The van der Waals surface area contributed by atoms with Gasteiger partial charge in [0.05, 0.1) is 11.3 Å². The average Bonchev–Trinajstić information content (AvgIpc) is 3.03. The van der Waals surface area contributed by atoms with Crippen LogP contribution in [0.1, 0.15) is 18.4 Å². The molecule has 0 unspecified atom stereocenters. The van der Waals surface area contributed by atoms with Crippen LogP contribution in [0.4, 0.5) is 10.1 Å². The summed E-state index contributed by atoms with van der Waals surface area (Å²) in [6.07, 6.45) is 1.87. The number of benzene rings is 1. The molecule has 1 aromatic rings. The summed E-state index contributed by atoms with van der Waals surface area (Å²) in [5, 5.41) is 7.19. The van der Waals surface area contributed by atoms with Crippen LogP contribution in [0.15, 0.2) is 18.2 Å². The normalized spacial score (nSPS) is 15.4. The van der Waals surface area contributed by atoms with Crippen LogP contribution in [0.2, 0.25) is 0 Å². The minimum absolute atomic E-state index is 0.0831. The van der Waals surface area contributed by atoms with Gasteiger partial charge in [0.1, 0.15) is 11.7 Å². The minimum Gasteiger partial charge on any atom is -0.384 e. The first-order chi connectivity index (χ1) is 8.37. The quantitative estimate of drug-likeness (QED) is 0.555. The molecule has 0 atom stereocenters. The van der Waals surface area contributed by atoms with Crippen molar-refractivity contribution in [2.75, 3.05) is 10.5 Å². The second-order valence-electron chi connectivity index (χ2n) is 4.44. The first-order valence-corrected chi connectivity index (χ1v) is 7.17. The molecule has 1 aliphatic carbocycles. The maximum Gasteiger partial charge on any atom is 0.232 e. The Morgan fingerprint density at radius 3 is 2.72 bits per heavy atom. The standard InChI is InChI=1S/C11H14FN3O2S/c12-10-4-3-8(5-9(10)11(13)14)15-18(16,17)6-7-1-2-7/h3-5,7,15H,1-2,6H2,(H3,13,14). The first-order valence-electron chi connectivity index (χ1n) is 5.52. The van der Waals surface area contributed by atoms with Gasteiger partial charge in [-0.2, -0.15) is 0 Å². The van der Waals surface area contributed by atoms with E-state index in [4.69, 9.17) is 11.1 Å². The summed E-state index contributed by atoms with van der Waals surface area (Å²) in [6.45, 7) is 0. The third kappa shape index (κ3) is 3.19. The Hall–Kier alpha value is -1.63. The van der Waals surface area contributed by atoms with Crippen LogP contribution >= 0.6 is 0 Å². The number of nitrogens with one attached hydrogen (secondary N) is 2. The molecule has 0 aromatic heterocycles. The average molecular weight is 271 g/mol. The van der Waals surface area contributed by atoms with E-state index in [-0.39, 0.29) is 22.9 Å². The number of hydrogen-bond acceptors (Lipinski definition) is 3. The van der Waals surface area contributed by atoms with Crippen LogP contribution in [0.3, 0.4) is 0 Å². The highest BCUT2D eigenvalue weighted by Crippen LogP contribution is 2.30. The smallest absolute Gasteiger partial charge is 0.232 e. The van der Waals surface area contributed by atoms with E-state index in [1.54, 1.807) is 0 Å². The molecule has 0 radical (unpaired) electrons. The van der Waals surface area contributed by atoms with Crippen LogP contribution < -0.4 is 10.5 Å². The molecule has 1 aromatic carbocycles. The minimum atomic E-state index is -3.41. The molecule has 18 heavy (non-hydrogen) atoms. The van der Waals surface area contributed by atoms with Crippen molar-refractivity contribution in [1.29, 1.82) is 5.41 Å². The van der Waals surface area contributed by atoms with Gasteiger partial charge < -0.3 is 5.73 Å². The Morgan fingerprint density at radius 2 is 2.17 bits per heavy atom. The monoisotopic (exact) mass is 271 g/mol. The predicted octanol–water partition coefficient (Wildman–Crippen LogP) is 1.26. The van der Waals surface area contributed by atoms with Crippen LogP contribution in [-0.4, -0.2) is 20.0 Å². The summed E-state index contributed by atoms with van der Waals surface area (Å²) in [4.78, 5) is 0. The highest BCUT2D eigenvalue weighted by Gasteiger charge is 2.28. The summed E-state index contributed by atoms with van der Waals surface area (Å²) < 4.78 is 39.1. The number of halogens is 1. The van der Waals surface area contributed by atoms with Gasteiger partial charge in [-0.1, -0.05) is 0 Å². The number of sulfonamides is 1. The van der Waals surface area contributed by atoms with Crippen molar-refractivity contribution >= 4 is 21.5 Å². The molecule has 0 heterocycles. The molecule has 0 amide bonds. The summed E-state index contributed by atoms with van der Waals surface area (Å²) >= 11 is 0. The number of hydrogen-bond donors (Lipinski definition) is 3. The maximum absolute atomic E-state index is 13.3. The number of nitrogens with two attached hydrogens (primary N) is 1. The van der Waals surface area contributed by atoms with Gasteiger partial charge in [-0.15, -0.1) is 0 Å². The van der Waals surface area contributed by atoms with E-state index in [0.717, 1.165) is 18.9 Å². The zero-order valence-corrected chi connectivity index (χ0v) is 10.4. The lowest BCUT2D eigenvalue weighted by Gasteiger charge is -2.09. The Bertz CT molecular complexity index is 582. The van der Waals surface area contributed by atoms with Crippen molar-refractivity contribution in [2.45, 2.75) is 12.8 Å². The number of amidine groups is 1. The molecule has 0 saturated heterocycles. The largest absolute Gasteiger partial charge is 0.384 e. The molecule has 0 aliphatic heterocycles. The van der Waals surface area contributed by atoms with E-state index < -0.39 is 21.7 Å². The van der Waals surface area contributed by atoms with Crippen LogP contribution in [-0.2, 0) is 10.0 Å².